The van der Waals surface area contributed by atoms with Crippen LogP contribution in [0.2, 0.25) is 0 Å². The second kappa shape index (κ2) is 4.61. The van der Waals surface area contributed by atoms with Gasteiger partial charge in [-0.3, -0.25) is 0 Å². The predicted molar refractivity (Wildman–Crippen MR) is 86.7 cm³/mol. The Morgan fingerprint density at radius 1 is 1.14 bits per heavy atom. The number of hydrogen-bond acceptors (Lipinski definition) is 4. The molecule has 3 nitrogen and oxygen atoms in total. The first-order chi connectivity index (χ1) is 10.2. The summed E-state index contributed by atoms with van der Waals surface area (Å²) in [6.07, 6.45) is 0. The van der Waals surface area contributed by atoms with Crippen molar-refractivity contribution in [3.63, 3.8) is 0 Å². The third-order valence-electron chi connectivity index (χ3n) is 4.02. The van der Waals surface area contributed by atoms with E-state index < -0.39 is 5.72 Å². The second-order valence-corrected chi connectivity index (χ2v) is 6.58. The number of amidine groups is 1. The zero-order valence-corrected chi connectivity index (χ0v) is 12.5. The Balaban J connectivity index is 1.94. The maximum atomic E-state index is 10.8. The highest BCUT2D eigenvalue weighted by Crippen LogP contribution is 2.47. The SMILES string of the molecule is CC1(O)CSC2=Nc3ccccc3[C@@H](c3ccccc3)N21. The molecule has 2 aromatic rings. The Morgan fingerprint density at radius 2 is 1.86 bits per heavy atom. The van der Waals surface area contributed by atoms with Crippen molar-refractivity contribution >= 4 is 22.6 Å². The molecule has 21 heavy (non-hydrogen) atoms. The number of hydrogen-bond donors (Lipinski definition) is 1. The average Bonchev–Trinajstić information content (AvgIpc) is 2.81. The molecule has 0 amide bonds. The highest BCUT2D eigenvalue weighted by atomic mass is 32.2. The van der Waals surface area contributed by atoms with Gasteiger partial charge < -0.3 is 10.0 Å². The van der Waals surface area contributed by atoms with Gasteiger partial charge in [-0.05, 0) is 18.6 Å². The summed E-state index contributed by atoms with van der Waals surface area (Å²) in [6, 6.07) is 18.5. The molecule has 4 heteroatoms. The molecule has 0 aromatic heterocycles. The second-order valence-electron chi connectivity index (χ2n) is 5.64. The van der Waals surface area contributed by atoms with Gasteiger partial charge in [-0.1, -0.05) is 60.3 Å². The van der Waals surface area contributed by atoms with Gasteiger partial charge >= 0.3 is 0 Å². The van der Waals surface area contributed by atoms with Crippen LogP contribution < -0.4 is 0 Å². The van der Waals surface area contributed by atoms with Crippen LogP contribution in [-0.2, 0) is 0 Å². The lowest BCUT2D eigenvalue weighted by atomic mass is 9.93. The van der Waals surface area contributed by atoms with Crippen LogP contribution in [0.25, 0.3) is 0 Å². The lowest BCUT2D eigenvalue weighted by Crippen LogP contribution is -2.48. The molecule has 0 saturated carbocycles. The minimum absolute atomic E-state index is 0.0138. The first-order valence-corrected chi connectivity index (χ1v) is 8.02. The number of thioether (sulfide) groups is 1. The summed E-state index contributed by atoms with van der Waals surface area (Å²) in [4.78, 5) is 6.78. The third-order valence-corrected chi connectivity index (χ3v) is 5.26. The lowest BCUT2D eigenvalue weighted by Gasteiger charge is -2.41. The van der Waals surface area contributed by atoms with Crippen molar-refractivity contribution in [2.24, 2.45) is 4.99 Å². The van der Waals surface area contributed by atoms with Crippen molar-refractivity contribution in [1.82, 2.24) is 4.90 Å². The Morgan fingerprint density at radius 3 is 2.67 bits per heavy atom. The fourth-order valence-electron chi connectivity index (χ4n) is 3.05. The van der Waals surface area contributed by atoms with E-state index in [-0.39, 0.29) is 6.04 Å². The number of benzene rings is 2. The molecule has 2 aliphatic heterocycles. The molecule has 2 heterocycles. The molecule has 0 bridgehead atoms. The topological polar surface area (TPSA) is 35.8 Å². The van der Waals surface area contributed by atoms with E-state index in [2.05, 4.69) is 23.1 Å². The van der Waals surface area contributed by atoms with Crippen molar-refractivity contribution in [3.8, 4) is 0 Å². The summed E-state index contributed by atoms with van der Waals surface area (Å²) in [5, 5.41) is 11.7. The van der Waals surface area contributed by atoms with Crippen LogP contribution in [0.5, 0.6) is 0 Å². The van der Waals surface area contributed by atoms with Crippen LogP contribution >= 0.6 is 11.8 Å². The zero-order chi connectivity index (χ0) is 14.4. The zero-order valence-electron chi connectivity index (χ0n) is 11.7. The molecule has 2 aromatic carbocycles. The van der Waals surface area contributed by atoms with E-state index in [9.17, 15) is 5.11 Å². The van der Waals surface area contributed by atoms with Crippen molar-refractivity contribution in [1.29, 1.82) is 0 Å². The van der Waals surface area contributed by atoms with Crippen molar-refractivity contribution in [3.05, 3.63) is 65.7 Å². The first-order valence-electron chi connectivity index (χ1n) is 7.04. The Bertz CT molecular complexity index is 712. The van der Waals surface area contributed by atoms with Gasteiger partial charge in [0.15, 0.2) is 5.17 Å². The summed E-state index contributed by atoms with van der Waals surface area (Å²) in [5.74, 6) is 0.642. The molecule has 0 spiro atoms. The molecular weight excluding hydrogens is 280 g/mol. The van der Waals surface area contributed by atoms with Gasteiger partial charge in [-0.15, -0.1) is 0 Å². The van der Waals surface area contributed by atoms with Crippen molar-refractivity contribution in [2.45, 2.75) is 18.7 Å². The van der Waals surface area contributed by atoms with Gasteiger partial charge in [-0.2, -0.15) is 0 Å². The molecule has 1 N–H and O–H groups in total. The number of para-hydroxylation sites is 1. The number of rotatable bonds is 1. The molecule has 2 aliphatic rings. The normalized spacial score (nSPS) is 27.0. The van der Waals surface area contributed by atoms with Gasteiger partial charge in [0.1, 0.15) is 5.72 Å². The average molecular weight is 296 g/mol. The van der Waals surface area contributed by atoms with Crippen LogP contribution in [0.1, 0.15) is 24.1 Å². The highest BCUT2D eigenvalue weighted by molar-refractivity contribution is 8.14. The minimum Gasteiger partial charge on any atom is -0.370 e. The minimum atomic E-state index is -0.877. The van der Waals surface area contributed by atoms with Gasteiger partial charge in [0.25, 0.3) is 0 Å². The third kappa shape index (κ3) is 1.98. The Kier molecular flexibility index (Phi) is 2.84. The molecular formula is C17H16N2OS. The van der Waals surface area contributed by atoms with Gasteiger partial charge in [0.2, 0.25) is 0 Å². The van der Waals surface area contributed by atoms with Crippen LogP contribution in [0, 0.1) is 0 Å². The van der Waals surface area contributed by atoms with Crippen LogP contribution in [0.15, 0.2) is 59.6 Å². The van der Waals surface area contributed by atoms with Crippen molar-refractivity contribution in [2.75, 3.05) is 5.75 Å². The molecule has 1 saturated heterocycles. The molecule has 4 rings (SSSR count). The van der Waals surface area contributed by atoms with Gasteiger partial charge in [0, 0.05) is 11.3 Å². The molecule has 1 fully saturated rings. The number of nitrogens with zero attached hydrogens (tertiary/aromatic N) is 2. The van der Waals surface area contributed by atoms with Crippen LogP contribution in [0.3, 0.4) is 0 Å². The van der Waals surface area contributed by atoms with Crippen LogP contribution in [-0.4, -0.2) is 26.7 Å². The monoisotopic (exact) mass is 296 g/mol. The molecule has 2 atom stereocenters. The largest absolute Gasteiger partial charge is 0.370 e. The maximum absolute atomic E-state index is 10.8. The van der Waals surface area contributed by atoms with Gasteiger partial charge in [-0.25, -0.2) is 4.99 Å². The summed E-state index contributed by atoms with van der Waals surface area (Å²) in [5.41, 5.74) is 2.45. The van der Waals surface area contributed by atoms with E-state index in [0.29, 0.717) is 5.75 Å². The summed E-state index contributed by atoms with van der Waals surface area (Å²) in [7, 11) is 0. The van der Waals surface area contributed by atoms with E-state index in [4.69, 9.17) is 4.99 Å². The smallest absolute Gasteiger partial charge is 0.167 e. The fraction of sp³-hybridized carbons (Fsp3) is 0.235. The van der Waals surface area contributed by atoms with E-state index >= 15 is 0 Å². The Hall–Kier alpha value is -1.78. The predicted octanol–water partition coefficient (Wildman–Crippen LogP) is 3.53. The lowest BCUT2D eigenvalue weighted by molar-refractivity contribution is -0.0392. The fourth-order valence-corrected chi connectivity index (χ4v) is 4.19. The number of aliphatic hydroxyl groups is 1. The van der Waals surface area contributed by atoms with E-state index in [1.165, 1.54) is 5.56 Å². The Labute approximate surface area is 128 Å². The van der Waals surface area contributed by atoms with E-state index in [1.807, 2.05) is 43.3 Å². The molecule has 1 unspecified atom stereocenters. The summed E-state index contributed by atoms with van der Waals surface area (Å²) >= 11 is 1.62. The summed E-state index contributed by atoms with van der Waals surface area (Å²) in [6.45, 7) is 1.87. The first kappa shape index (κ1) is 12.9. The maximum Gasteiger partial charge on any atom is 0.167 e. The quantitative estimate of drug-likeness (QED) is 0.874. The molecule has 0 radical (unpaired) electrons. The standard InChI is InChI=1S/C17H16N2OS/c1-17(20)11-21-16-18-14-10-6-5-9-13(14)15(19(16)17)12-7-3-2-4-8-12/h2-10,15,20H,11H2,1H3/t15-,17?/m1/s1. The number of aliphatic imine (C=N–C) groups is 1. The van der Waals surface area contributed by atoms with Crippen LogP contribution in [0.4, 0.5) is 5.69 Å². The van der Waals surface area contributed by atoms with E-state index in [1.54, 1.807) is 11.8 Å². The summed E-state index contributed by atoms with van der Waals surface area (Å²) < 4.78 is 0. The van der Waals surface area contributed by atoms with Gasteiger partial charge in [0.05, 0.1) is 11.7 Å². The number of fused-ring (bicyclic) bond motifs is 2. The highest BCUT2D eigenvalue weighted by Gasteiger charge is 2.46. The molecule has 106 valence electrons. The van der Waals surface area contributed by atoms with Crippen molar-refractivity contribution < 1.29 is 5.11 Å². The molecule has 0 aliphatic carbocycles. The van der Waals surface area contributed by atoms with E-state index in [0.717, 1.165) is 16.4 Å².